The monoisotopic (exact) mass is 243 g/mol. The lowest BCUT2D eigenvalue weighted by molar-refractivity contribution is 0.416. The molecule has 3 rings (SSSR count). The molecule has 0 amide bonds. The van der Waals surface area contributed by atoms with Gasteiger partial charge in [0.2, 0.25) is 0 Å². The Bertz CT molecular complexity index is 607. The molecule has 0 aliphatic heterocycles. The molecule has 2 N–H and O–H groups in total. The number of methoxy groups -OCH3 is 1. The fourth-order valence-corrected chi connectivity index (χ4v) is 2.77. The van der Waals surface area contributed by atoms with Gasteiger partial charge in [-0.15, -0.1) is 0 Å². The summed E-state index contributed by atoms with van der Waals surface area (Å²) in [6.45, 7) is 0.469. The Morgan fingerprint density at radius 3 is 2.78 bits per heavy atom. The molecule has 0 aromatic heterocycles. The highest BCUT2D eigenvalue weighted by atomic mass is 19.1. The van der Waals surface area contributed by atoms with Gasteiger partial charge in [0, 0.05) is 18.0 Å². The number of rotatable bonds is 2. The van der Waals surface area contributed by atoms with Crippen LogP contribution in [0.25, 0.3) is 11.1 Å². The minimum absolute atomic E-state index is 0.0563. The van der Waals surface area contributed by atoms with Crippen LogP contribution in [0, 0.1) is 5.82 Å². The van der Waals surface area contributed by atoms with Gasteiger partial charge in [-0.3, -0.25) is 0 Å². The second kappa shape index (κ2) is 4.10. The van der Waals surface area contributed by atoms with Crippen molar-refractivity contribution in [2.75, 3.05) is 13.7 Å². The Labute approximate surface area is 105 Å². The summed E-state index contributed by atoms with van der Waals surface area (Å²) in [6, 6.07) is 10.8. The molecule has 2 aromatic rings. The van der Waals surface area contributed by atoms with Gasteiger partial charge < -0.3 is 10.5 Å². The van der Waals surface area contributed by atoms with E-state index in [4.69, 9.17) is 10.5 Å². The predicted molar refractivity (Wildman–Crippen MR) is 69.3 cm³/mol. The Morgan fingerprint density at radius 2 is 2.06 bits per heavy atom. The molecule has 1 aliphatic carbocycles. The van der Waals surface area contributed by atoms with E-state index in [0.29, 0.717) is 6.54 Å². The molecule has 3 heteroatoms. The largest absolute Gasteiger partial charge is 0.496 e. The molecule has 2 aromatic carbocycles. The molecule has 18 heavy (non-hydrogen) atoms. The van der Waals surface area contributed by atoms with Crippen molar-refractivity contribution in [1.29, 1.82) is 0 Å². The van der Waals surface area contributed by atoms with Crippen LogP contribution >= 0.6 is 0 Å². The van der Waals surface area contributed by atoms with E-state index in [1.165, 1.54) is 6.07 Å². The fourth-order valence-electron chi connectivity index (χ4n) is 2.77. The van der Waals surface area contributed by atoms with Gasteiger partial charge in [-0.2, -0.15) is 0 Å². The number of ether oxygens (including phenoxy) is 1. The van der Waals surface area contributed by atoms with Crippen molar-refractivity contribution in [1.82, 2.24) is 0 Å². The minimum atomic E-state index is -0.223. The van der Waals surface area contributed by atoms with Crippen LogP contribution < -0.4 is 10.5 Å². The normalized spacial score (nSPS) is 16.3. The van der Waals surface area contributed by atoms with Gasteiger partial charge in [0.1, 0.15) is 11.6 Å². The van der Waals surface area contributed by atoms with Crippen LogP contribution in [0.3, 0.4) is 0 Å². The molecule has 92 valence electrons. The molecule has 0 fully saturated rings. The summed E-state index contributed by atoms with van der Waals surface area (Å²) >= 11 is 0. The van der Waals surface area contributed by atoms with Crippen LogP contribution in [0.5, 0.6) is 5.75 Å². The third kappa shape index (κ3) is 1.44. The van der Waals surface area contributed by atoms with Crippen LogP contribution in [0.1, 0.15) is 17.0 Å². The molecule has 1 aliphatic rings. The highest BCUT2D eigenvalue weighted by Gasteiger charge is 2.30. The molecule has 0 bridgehead atoms. The van der Waals surface area contributed by atoms with Crippen molar-refractivity contribution in [2.24, 2.45) is 5.73 Å². The summed E-state index contributed by atoms with van der Waals surface area (Å²) in [7, 11) is 1.65. The van der Waals surface area contributed by atoms with Crippen LogP contribution in [-0.4, -0.2) is 13.7 Å². The quantitative estimate of drug-likeness (QED) is 0.880. The molecular weight excluding hydrogens is 229 g/mol. The third-order valence-corrected chi connectivity index (χ3v) is 3.55. The number of nitrogens with two attached hydrogens (primary N) is 1. The molecule has 0 spiro atoms. The van der Waals surface area contributed by atoms with Crippen LogP contribution in [-0.2, 0) is 0 Å². The smallest absolute Gasteiger partial charge is 0.126 e. The maximum absolute atomic E-state index is 13.4. The summed E-state index contributed by atoms with van der Waals surface area (Å²) < 4.78 is 18.8. The summed E-state index contributed by atoms with van der Waals surface area (Å²) in [5, 5.41) is 0. The van der Waals surface area contributed by atoms with Crippen molar-refractivity contribution in [3.8, 4) is 16.9 Å². The number of hydrogen-bond acceptors (Lipinski definition) is 2. The molecular formula is C15H14FNO. The van der Waals surface area contributed by atoms with Gasteiger partial charge in [-0.1, -0.05) is 18.2 Å². The Hall–Kier alpha value is -1.87. The fraction of sp³-hybridized carbons (Fsp3) is 0.200. The van der Waals surface area contributed by atoms with Crippen molar-refractivity contribution in [2.45, 2.75) is 5.92 Å². The van der Waals surface area contributed by atoms with Crippen molar-refractivity contribution >= 4 is 0 Å². The molecule has 0 saturated heterocycles. The Kier molecular flexibility index (Phi) is 2.56. The van der Waals surface area contributed by atoms with E-state index in [-0.39, 0.29) is 11.7 Å². The van der Waals surface area contributed by atoms with Gasteiger partial charge >= 0.3 is 0 Å². The molecule has 0 radical (unpaired) electrons. The topological polar surface area (TPSA) is 35.2 Å². The Morgan fingerprint density at radius 1 is 1.22 bits per heavy atom. The zero-order valence-electron chi connectivity index (χ0n) is 10.1. The van der Waals surface area contributed by atoms with Gasteiger partial charge in [0.25, 0.3) is 0 Å². The van der Waals surface area contributed by atoms with Gasteiger partial charge in [0.05, 0.1) is 7.11 Å². The van der Waals surface area contributed by atoms with E-state index in [1.807, 2.05) is 24.3 Å². The van der Waals surface area contributed by atoms with E-state index < -0.39 is 0 Å². The van der Waals surface area contributed by atoms with E-state index in [0.717, 1.165) is 28.0 Å². The van der Waals surface area contributed by atoms with Crippen molar-refractivity contribution in [3.63, 3.8) is 0 Å². The SMILES string of the molecule is COc1cccc2c1-c1ccc(F)cc1C2CN. The van der Waals surface area contributed by atoms with Crippen LogP contribution in [0.2, 0.25) is 0 Å². The second-order valence-corrected chi connectivity index (χ2v) is 4.44. The van der Waals surface area contributed by atoms with Gasteiger partial charge in [-0.05, 0) is 34.9 Å². The zero-order chi connectivity index (χ0) is 12.7. The van der Waals surface area contributed by atoms with E-state index in [9.17, 15) is 4.39 Å². The van der Waals surface area contributed by atoms with Crippen molar-refractivity contribution in [3.05, 3.63) is 53.3 Å². The maximum Gasteiger partial charge on any atom is 0.126 e. The summed E-state index contributed by atoms with van der Waals surface area (Å²) in [5.74, 6) is 0.649. The van der Waals surface area contributed by atoms with E-state index >= 15 is 0 Å². The second-order valence-electron chi connectivity index (χ2n) is 4.44. The lowest BCUT2D eigenvalue weighted by Gasteiger charge is -2.10. The number of hydrogen-bond donors (Lipinski definition) is 1. The summed E-state index contributed by atoms with van der Waals surface area (Å²) in [4.78, 5) is 0. The molecule has 0 saturated carbocycles. The van der Waals surface area contributed by atoms with Crippen LogP contribution in [0.15, 0.2) is 36.4 Å². The standard InChI is InChI=1S/C15H14FNO/c1-18-14-4-2-3-10-13(8-17)12-7-9(16)5-6-11(12)15(10)14/h2-7,13H,8,17H2,1H3. The molecule has 2 nitrogen and oxygen atoms in total. The van der Waals surface area contributed by atoms with Crippen LogP contribution in [0.4, 0.5) is 4.39 Å². The summed E-state index contributed by atoms with van der Waals surface area (Å²) in [5.41, 5.74) is 9.99. The molecule has 1 atom stereocenters. The third-order valence-electron chi connectivity index (χ3n) is 3.55. The maximum atomic E-state index is 13.4. The average molecular weight is 243 g/mol. The van der Waals surface area contributed by atoms with Crippen molar-refractivity contribution < 1.29 is 9.13 Å². The first kappa shape index (κ1) is 11.2. The predicted octanol–water partition coefficient (Wildman–Crippen LogP) is 2.91. The van der Waals surface area contributed by atoms with Gasteiger partial charge in [-0.25, -0.2) is 4.39 Å². The summed E-state index contributed by atoms with van der Waals surface area (Å²) in [6.07, 6.45) is 0. The highest BCUT2D eigenvalue weighted by Crippen LogP contribution is 2.48. The highest BCUT2D eigenvalue weighted by molar-refractivity contribution is 5.83. The van der Waals surface area contributed by atoms with Gasteiger partial charge in [0.15, 0.2) is 0 Å². The zero-order valence-corrected chi connectivity index (χ0v) is 10.1. The number of fused-ring (bicyclic) bond motifs is 3. The molecule has 1 unspecified atom stereocenters. The minimum Gasteiger partial charge on any atom is -0.496 e. The van der Waals surface area contributed by atoms with E-state index in [2.05, 4.69) is 0 Å². The first-order valence-corrected chi connectivity index (χ1v) is 5.93. The first-order chi connectivity index (χ1) is 8.76. The first-order valence-electron chi connectivity index (χ1n) is 5.93. The van der Waals surface area contributed by atoms with E-state index in [1.54, 1.807) is 13.2 Å². The lowest BCUT2D eigenvalue weighted by atomic mass is 9.97. The molecule has 0 heterocycles. The Balaban J connectivity index is 2.31. The number of benzene rings is 2. The lowest BCUT2D eigenvalue weighted by Crippen LogP contribution is -2.11. The average Bonchev–Trinajstić information content (AvgIpc) is 2.71. The number of halogens is 1.